The molecule has 2 unspecified atom stereocenters. The SMILES string of the molecule is CN1CCC(O)C(F)C1.Cl. The molecule has 0 radical (unpaired) electrons. The summed E-state index contributed by atoms with van der Waals surface area (Å²) in [6.45, 7) is 1.18. The van der Waals surface area contributed by atoms with Crippen molar-refractivity contribution in [1.82, 2.24) is 4.90 Å². The van der Waals surface area contributed by atoms with E-state index in [9.17, 15) is 4.39 Å². The van der Waals surface area contributed by atoms with Crippen molar-refractivity contribution in [2.45, 2.75) is 18.7 Å². The second-order valence-corrected chi connectivity index (χ2v) is 2.63. The fraction of sp³-hybridized carbons (Fsp3) is 1.00. The molecule has 1 N–H and O–H groups in total. The van der Waals surface area contributed by atoms with Crippen molar-refractivity contribution in [3.05, 3.63) is 0 Å². The van der Waals surface area contributed by atoms with Crippen LogP contribution in [-0.4, -0.2) is 42.4 Å². The van der Waals surface area contributed by atoms with E-state index in [0.29, 0.717) is 13.0 Å². The number of likely N-dealkylation sites (tertiary alicyclic amines) is 1. The molecule has 10 heavy (non-hydrogen) atoms. The van der Waals surface area contributed by atoms with Gasteiger partial charge in [0.25, 0.3) is 0 Å². The minimum atomic E-state index is -1.04. The van der Waals surface area contributed by atoms with Gasteiger partial charge in [-0.2, -0.15) is 0 Å². The molecule has 1 heterocycles. The van der Waals surface area contributed by atoms with Crippen molar-refractivity contribution in [3.8, 4) is 0 Å². The first-order valence-corrected chi connectivity index (χ1v) is 3.21. The molecule has 1 rings (SSSR count). The highest BCUT2D eigenvalue weighted by atomic mass is 35.5. The van der Waals surface area contributed by atoms with E-state index in [1.165, 1.54) is 0 Å². The lowest BCUT2D eigenvalue weighted by atomic mass is 10.1. The summed E-state index contributed by atoms with van der Waals surface area (Å²) in [5, 5.41) is 8.89. The summed E-state index contributed by atoms with van der Waals surface area (Å²) in [4.78, 5) is 1.89. The molecule has 4 heteroatoms. The van der Waals surface area contributed by atoms with Gasteiger partial charge in [-0.05, 0) is 13.5 Å². The van der Waals surface area contributed by atoms with Gasteiger partial charge in [0.05, 0.1) is 6.10 Å². The van der Waals surface area contributed by atoms with Crippen molar-refractivity contribution in [2.75, 3.05) is 20.1 Å². The topological polar surface area (TPSA) is 23.5 Å². The molecule has 62 valence electrons. The Morgan fingerprint density at radius 3 is 2.60 bits per heavy atom. The highest BCUT2D eigenvalue weighted by molar-refractivity contribution is 5.85. The molecule has 1 aliphatic heterocycles. The third kappa shape index (κ3) is 2.40. The Balaban J connectivity index is 0.000000810. The highest BCUT2D eigenvalue weighted by Gasteiger charge is 2.24. The molecule has 1 fully saturated rings. The van der Waals surface area contributed by atoms with Crippen molar-refractivity contribution >= 4 is 12.4 Å². The molecule has 1 aliphatic rings. The van der Waals surface area contributed by atoms with Gasteiger partial charge in [-0.15, -0.1) is 12.4 Å². The maximum Gasteiger partial charge on any atom is 0.138 e. The van der Waals surface area contributed by atoms with Crippen LogP contribution in [0.25, 0.3) is 0 Å². The van der Waals surface area contributed by atoms with E-state index < -0.39 is 12.3 Å². The molecular formula is C6H13ClFNO. The van der Waals surface area contributed by atoms with Crippen LogP contribution in [0, 0.1) is 0 Å². The summed E-state index contributed by atoms with van der Waals surface area (Å²) in [5.74, 6) is 0. The van der Waals surface area contributed by atoms with E-state index >= 15 is 0 Å². The van der Waals surface area contributed by atoms with E-state index in [-0.39, 0.29) is 12.4 Å². The molecule has 0 saturated carbocycles. The minimum absolute atomic E-state index is 0. The van der Waals surface area contributed by atoms with E-state index in [0.717, 1.165) is 6.54 Å². The van der Waals surface area contributed by atoms with Crippen LogP contribution in [0.15, 0.2) is 0 Å². The number of aliphatic hydroxyl groups is 1. The fourth-order valence-corrected chi connectivity index (χ4v) is 1.04. The van der Waals surface area contributed by atoms with Gasteiger partial charge in [0, 0.05) is 13.1 Å². The molecular weight excluding hydrogens is 157 g/mol. The maximum absolute atomic E-state index is 12.5. The molecule has 0 amide bonds. The Morgan fingerprint density at radius 1 is 1.60 bits per heavy atom. The number of hydrogen-bond acceptors (Lipinski definition) is 2. The van der Waals surface area contributed by atoms with Crippen LogP contribution in [0.3, 0.4) is 0 Å². The smallest absolute Gasteiger partial charge is 0.138 e. The van der Waals surface area contributed by atoms with Crippen LogP contribution in [-0.2, 0) is 0 Å². The summed E-state index contributed by atoms with van der Waals surface area (Å²) in [7, 11) is 1.86. The largest absolute Gasteiger partial charge is 0.390 e. The van der Waals surface area contributed by atoms with Gasteiger partial charge in [-0.1, -0.05) is 0 Å². The number of alkyl halides is 1. The summed E-state index contributed by atoms with van der Waals surface area (Å²) in [6.07, 6.45) is -1.19. The van der Waals surface area contributed by atoms with E-state index in [4.69, 9.17) is 5.11 Å². The zero-order valence-electron chi connectivity index (χ0n) is 5.96. The van der Waals surface area contributed by atoms with Gasteiger partial charge in [-0.25, -0.2) is 4.39 Å². The van der Waals surface area contributed by atoms with Gasteiger partial charge >= 0.3 is 0 Å². The Bertz CT molecular complexity index is 104. The lowest BCUT2D eigenvalue weighted by molar-refractivity contribution is 0.0149. The summed E-state index contributed by atoms with van der Waals surface area (Å²) in [5.41, 5.74) is 0. The predicted octanol–water partition coefficient (Wildman–Crippen LogP) is 0.443. The van der Waals surface area contributed by atoms with Crippen LogP contribution < -0.4 is 0 Å². The van der Waals surface area contributed by atoms with Crippen LogP contribution in [0.1, 0.15) is 6.42 Å². The predicted molar refractivity (Wildman–Crippen MR) is 40.3 cm³/mol. The highest BCUT2D eigenvalue weighted by Crippen LogP contribution is 2.11. The molecule has 2 nitrogen and oxygen atoms in total. The molecule has 0 aromatic heterocycles. The first kappa shape index (κ1) is 10.1. The Labute approximate surface area is 66.4 Å². The normalized spacial score (nSPS) is 35.1. The second kappa shape index (κ2) is 4.11. The number of piperidine rings is 1. The van der Waals surface area contributed by atoms with Crippen LogP contribution >= 0.6 is 12.4 Å². The average molecular weight is 170 g/mol. The van der Waals surface area contributed by atoms with Crippen molar-refractivity contribution in [1.29, 1.82) is 0 Å². The number of aliphatic hydroxyl groups excluding tert-OH is 1. The summed E-state index contributed by atoms with van der Waals surface area (Å²) < 4.78 is 12.5. The quantitative estimate of drug-likeness (QED) is 0.569. The van der Waals surface area contributed by atoms with Crippen molar-refractivity contribution < 1.29 is 9.50 Å². The Morgan fingerprint density at radius 2 is 2.20 bits per heavy atom. The molecule has 0 aromatic carbocycles. The van der Waals surface area contributed by atoms with Crippen LogP contribution in [0.2, 0.25) is 0 Å². The van der Waals surface area contributed by atoms with Gasteiger partial charge < -0.3 is 10.0 Å². The lowest BCUT2D eigenvalue weighted by Crippen LogP contribution is -2.42. The monoisotopic (exact) mass is 169 g/mol. The van der Waals surface area contributed by atoms with Crippen LogP contribution in [0.5, 0.6) is 0 Å². The van der Waals surface area contributed by atoms with E-state index in [1.807, 2.05) is 11.9 Å². The minimum Gasteiger partial charge on any atom is -0.390 e. The molecule has 0 aromatic rings. The molecule has 0 spiro atoms. The maximum atomic E-state index is 12.5. The molecule has 0 bridgehead atoms. The van der Waals surface area contributed by atoms with Gasteiger partial charge in [-0.3, -0.25) is 0 Å². The van der Waals surface area contributed by atoms with Gasteiger partial charge in [0.2, 0.25) is 0 Å². The number of halogens is 2. The first-order chi connectivity index (χ1) is 4.20. The number of hydrogen-bond donors (Lipinski definition) is 1. The number of rotatable bonds is 0. The number of nitrogens with zero attached hydrogens (tertiary/aromatic N) is 1. The molecule has 2 atom stereocenters. The fourth-order valence-electron chi connectivity index (χ4n) is 1.04. The molecule has 1 saturated heterocycles. The van der Waals surface area contributed by atoms with Gasteiger partial charge in [0.1, 0.15) is 6.17 Å². The van der Waals surface area contributed by atoms with E-state index in [1.54, 1.807) is 0 Å². The standard InChI is InChI=1S/C6H12FNO.ClH/c1-8-3-2-6(9)5(7)4-8;/h5-6,9H,2-4H2,1H3;1H. The summed E-state index contributed by atoms with van der Waals surface area (Å²) in [6, 6.07) is 0. The summed E-state index contributed by atoms with van der Waals surface area (Å²) >= 11 is 0. The Kier molecular flexibility index (Phi) is 4.17. The zero-order valence-corrected chi connectivity index (χ0v) is 6.77. The third-order valence-electron chi connectivity index (χ3n) is 1.71. The Hall–Kier alpha value is 0.140. The lowest BCUT2D eigenvalue weighted by Gasteiger charge is -2.28. The average Bonchev–Trinajstić information content (AvgIpc) is 1.80. The third-order valence-corrected chi connectivity index (χ3v) is 1.71. The van der Waals surface area contributed by atoms with Gasteiger partial charge in [0.15, 0.2) is 0 Å². The van der Waals surface area contributed by atoms with Crippen LogP contribution in [0.4, 0.5) is 4.39 Å². The van der Waals surface area contributed by atoms with Crippen molar-refractivity contribution in [3.63, 3.8) is 0 Å². The van der Waals surface area contributed by atoms with E-state index in [2.05, 4.69) is 0 Å². The molecule has 0 aliphatic carbocycles. The second-order valence-electron chi connectivity index (χ2n) is 2.63. The van der Waals surface area contributed by atoms with Crippen molar-refractivity contribution in [2.24, 2.45) is 0 Å². The zero-order chi connectivity index (χ0) is 6.85. The first-order valence-electron chi connectivity index (χ1n) is 3.21.